The van der Waals surface area contributed by atoms with Crippen molar-refractivity contribution in [3.8, 4) is 0 Å². The van der Waals surface area contributed by atoms with Crippen molar-refractivity contribution in [3.63, 3.8) is 0 Å². The molecule has 0 aromatic heterocycles. The number of allylic oxidation sites excluding steroid dienone is 2. The molecular formula is C12H17NO2. The molecule has 0 N–H and O–H groups in total. The average molecular weight is 207 g/mol. The van der Waals surface area contributed by atoms with Crippen LogP contribution in [-0.4, -0.2) is 24.5 Å². The van der Waals surface area contributed by atoms with Gasteiger partial charge in [-0.05, 0) is 19.2 Å². The lowest BCUT2D eigenvalue weighted by Crippen LogP contribution is -2.09. The fraction of sp³-hybridized carbons (Fsp3) is 0.250. The number of carbonyl (C=O) groups is 1. The van der Waals surface area contributed by atoms with Crippen molar-refractivity contribution in [2.45, 2.75) is 6.92 Å². The first kappa shape index (κ1) is 13.2. The van der Waals surface area contributed by atoms with Crippen LogP contribution in [0.1, 0.15) is 6.92 Å². The number of carbonyl (C=O) groups excluding carboxylic acids is 1. The number of ether oxygens (including phenoxy) is 1. The molecule has 3 nitrogen and oxygen atoms in total. The molecule has 0 saturated carbocycles. The second-order valence-electron chi connectivity index (χ2n) is 2.92. The molecule has 1 rings (SSSR count). The van der Waals surface area contributed by atoms with E-state index in [0.29, 0.717) is 5.57 Å². The molecule has 1 heterocycles. The van der Waals surface area contributed by atoms with E-state index in [1.807, 2.05) is 23.3 Å². The van der Waals surface area contributed by atoms with Gasteiger partial charge in [-0.2, -0.15) is 0 Å². The molecule has 0 amide bonds. The van der Waals surface area contributed by atoms with Gasteiger partial charge in [-0.1, -0.05) is 25.3 Å². The monoisotopic (exact) mass is 207 g/mol. The normalized spacial score (nSPS) is 12.5. The third-order valence-corrected chi connectivity index (χ3v) is 1.61. The second-order valence-corrected chi connectivity index (χ2v) is 2.92. The second kappa shape index (κ2) is 7.62. The predicted molar refractivity (Wildman–Crippen MR) is 62.0 cm³/mol. The molecule has 0 fully saturated rings. The number of methoxy groups -OCH3 is 1. The van der Waals surface area contributed by atoms with Crippen LogP contribution in [0.15, 0.2) is 49.4 Å². The molecule has 0 spiro atoms. The van der Waals surface area contributed by atoms with Crippen LogP contribution in [0, 0.1) is 0 Å². The van der Waals surface area contributed by atoms with Gasteiger partial charge in [0.1, 0.15) is 0 Å². The van der Waals surface area contributed by atoms with Crippen LogP contribution >= 0.6 is 0 Å². The summed E-state index contributed by atoms with van der Waals surface area (Å²) in [6, 6.07) is 0. The van der Waals surface area contributed by atoms with Crippen LogP contribution in [0.4, 0.5) is 0 Å². The Morgan fingerprint density at radius 1 is 1.53 bits per heavy atom. The van der Waals surface area contributed by atoms with Crippen LogP contribution in [0.25, 0.3) is 0 Å². The van der Waals surface area contributed by atoms with Crippen molar-refractivity contribution in [1.29, 1.82) is 0 Å². The first-order chi connectivity index (χ1) is 7.11. The van der Waals surface area contributed by atoms with Gasteiger partial charge in [0.2, 0.25) is 0 Å². The highest BCUT2D eigenvalue weighted by Gasteiger charge is 1.95. The molecule has 0 radical (unpaired) electrons. The van der Waals surface area contributed by atoms with Gasteiger partial charge in [-0.3, -0.25) is 0 Å². The highest BCUT2D eigenvalue weighted by Crippen LogP contribution is 1.96. The van der Waals surface area contributed by atoms with Crippen LogP contribution in [0.3, 0.4) is 0 Å². The maximum Gasteiger partial charge on any atom is 0.332 e. The number of rotatable bonds is 2. The van der Waals surface area contributed by atoms with Crippen molar-refractivity contribution >= 4 is 5.97 Å². The standard InChI is InChI=1S/C7H9N.C5H8O2/c1-2-8-6-4-3-5-7-8;1-4(2)5(6)7-3/h2-6H,1,7H2;1H2,2-3H3. The van der Waals surface area contributed by atoms with Gasteiger partial charge >= 0.3 is 5.97 Å². The fourth-order valence-corrected chi connectivity index (χ4v) is 0.792. The molecule has 0 aliphatic carbocycles. The van der Waals surface area contributed by atoms with Crippen molar-refractivity contribution in [1.82, 2.24) is 4.90 Å². The van der Waals surface area contributed by atoms with E-state index >= 15 is 0 Å². The zero-order valence-electron chi connectivity index (χ0n) is 9.27. The average Bonchev–Trinajstić information content (AvgIpc) is 2.29. The van der Waals surface area contributed by atoms with Gasteiger partial charge in [0.15, 0.2) is 0 Å². The van der Waals surface area contributed by atoms with Gasteiger partial charge in [-0.25, -0.2) is 4.79 Å². The van der Waals surface area contributed by atoms with Crippen LogP contribution in [0.5, 0.6) is 0 Å². The summed E-state index contributed by atoms with van der Waals surface area (Å²) in [4.78, 5) is 12.2. The van der Waals surface area contributed by atoms with E-state index in [9.17, 15) is 4.79 Å². The molecule has 0 atom stereocenters. The molecule has 15 heavy (non-hydrogen) atoms. The summed E-state index contributed by atoms with van der Waals surface area (Å²) in [7, 11) is 1.33. The minimum Gasteiger partial charge on any atom is -0.466 e. The number of hydrogen-bond donors (Lipinski definition) is 0. The summed E-state index contributed by atoms with van der Waals surface area (Å²) in [6.45, 7) is 9.54. The van der Waals surface area contributed by atoms with Crippen LogP contribution in [0.2, 0.25) is 0 Å². The molecule has 82 valence electrons. The van der Waals surface area contributed by atoms with E-state index in [4.69, 9.17) is 0 Å². The Kier molecular flexibility index (Phi) is 6.72. The Morgan fingerprint density at radius 3 is 2.40 bits per heavy atom. The zero-order chi connectivity index (χ0) is 11.7. The Balaban J connectivity index is 0.000000265. The summed E-state index contributed by atoms with van der Waals surface area (Å²) in [5, 5.41) is 0. The Bertz CT molecular complexity index is 290. The highest BCUT2D eigenvalue weighted by atomic mass is 16.5. The predicted octanol–water partition coefficient (Wildman–Crippen LogP) is 2.25. The highest BCUT2D eigenvalue weighted by molar-refractivity contribution is 5.86. The first-order valence-electron chi connectivity index (χ1n) is 4.57. The molecule has 0 aromatic rings. The lowest BCUT2D eigenvalue weighted by atomic mass is 10.4. The Morgan fingerprint density at radius 2 is 2.20 bits per heavy atom. The zero-order valence-corrected chi connectivity index (χ0v) is 9.27. The maximum absolute atomic E-state index is 10.2. The lowest BCUT2D eigenvalue weighted by Gasteiger charge is -2.13. The Labute approximate surface area is 91.0 Å². The largest absolute Gasteiger partial charge is 0.466 e. The minimum atomic E-state index is -0.347. The number of nitrogens with zero attached hydrogens (tertiary/aromatic N) is 1. The molecule has 0 bridgehead atoms. The summed E-state index contributed by atoms with van der Waals surface area (Å²) in [5.74, 6) is -0.347. The summed E-state index contributed by atoms with van der Waals surface area (Å²) in [5.41, 5.74) is 0.433. The summed E-state index contributed by atoms with van der Waals surface area (Å²) < 4.78 is 4.27. The van der Waals surface area contributed by atoms with Crippen molar-refractivity contribution in [2.75, 3.05) is 13.7 Å². The molecule has 3 heteroatoms. The fourth-order valence-electron chi connectivity index (χ4n) is 0.792. The molecule has 0 aromatic carbocycles. The van der Waals surface area contributed by atoms with Gasteiger partial charge in [0.05, 0.1) is 7.11 Å². The van der Waals surface area contributed by atoms with E-state index < -0.39 is 0 Å². The first-order valence-corrected chi connectivity index (χ1v) is 4.57. The molecular weight excluding hydrogens is 190 g/mol. The molecule has 0 unspecified atom stereocenters. The number of hydrogen-bond acceptors (Lipinski definition) is 3. The van der Waals surface area contributed by atoms with E-state index in [-0.39, 0.29) is 5.97 Å². The topological polar surface area (TPSA) is 29.5 Å². The third kappa shape index (κ3) is 6.32. The Hall–Kier alpha value is -1.77. The smallest absolute Gasteiger partial charge is 0.332 e. The van der Waals surface area contributed by atoms with E-state index in [0.717, 1.165) is 6.54 Å². The molecule has 1 aliphatic rings. The molecule has 1 aliphatic heterocycles. The van der Waals surface area contributed by atoms with Crippen molar-refractivity contribution in [2.24, 2.45) is 0 Å². The van der Waals surface area contributed by atoms with Gasteiger partial charge in [-0.15, -0.1) is 0 Å². The molecule has 0 saturated heterocycles. The minimum absolute atomic E-state index is 0.347. The third-order valence-electron chi connectivity index (χ3n) is 1.61. The lowest BCUT2D eigenvalue weighted by molar-refractivity contribution is -0.136. The van der Waals surface area contributed by atoms with Gasteiger partial charge in [0, 0.05) is 18.3 Å². The summed E-state index contributed by atoms with van der Waals surface area (Å²) in [6.07, 6.45) is 9.90. The van der Waals surface area contributed by atoms with Gasteiger partial charge < -0.3 is 9.64 Å². The van der Waals surface area contributed by atoms with Crippen LogP contribution in [-0.2, 0) is 9.53 Å². The maximum atomic E-state index is 10.2. The van der Waals surface area contributed by atoms with Crippen LogP contribution < -0.4 is 0 Å². The SMILES string of the molecule is C=C(C)C(=O)OC.C=CN1C=CC=CC1. The van der Waals surface area contributed by atoms with Crippen molar-refractivity contribution in [3.05, 3.63) is 49.4 Å². The van der Waals surface area contributed by atoms with Gasteiger partial charge in [0.25, 0.3) is 0 Å². The number of esters is 1. The van der Waals surface area contributed by atoms with Crippen molar-refractivity contribution < 1.29 is 9.53 Å². The van der Waals surface area contributed by atoms with E-state index in [2.05, 4.69) is 24.0 Å². The quantitative estimate of drug-likeness (QED) is 0.514. The summed E-state index contributed by atoms with van der Waals surface area (Å²) >= 11 is 0. The van der Waals surface area contributed by atoms with E-state index in [1.54, 1.807) is 13.1 Å². The van der Waals surface area contributed by atoms with E-state index in [1.165, 1.54) is 7.11 Å².